The third-order valence-electron chi connectivity index (χ3n) is 13.4. The van der Waals surface area contributed by atoms with Crippen LogP contribution in [0, 0.1) is 62.6 Å². The molecule has 0 spiro atoms. The van der Waals surface area contributed by atoms with Crippen LogP contribution >= 0.6 is 0 Å². The number of fused-ring (bicyclic) bond motifs is 5. The molecule has 0 aromatic rings. The number of rotatable bonds is 5. The van der Waals surface area contributed by atoms with E-state index in [1.165, 1.54) is 46.3 Å². The van der Waals surface area contributed by atoms with Gasteiger partial charge in [-0.2, -0.15) is 0 Å². The lowest BCUT2D eigenvalue weighted by Crippen LogP contribution is -2.65. The van der Waals surface area contributed by atoms with Crippen LogP contribution in [0.5, 0.6) is 0 Å². The standard InChI is InChI=1S/C32H54O4/c1-20(2)21-13-15-29(5)17-18-31(7)22(26(21)29)11-12-24-30(6,19-25(33)35-9)23(14-16-32(24,31)8)28(3,4)27(34)36-10/h20-24,26H,11-19H2,1-10H3/t21-,22+,23-,24-,26+,29+,30-,31+,32-/m0/s1. The molecule has 0 aromatic heterocycles. The maximum absolute atomic E-state index is 13.0. The SMILES string of the molecule is COC(=O)C[C@@]1(C)[C@H](C(C)(C)C(=O)OC)CC[C@@]2(C)[C@H]1CC[C@@H]1[C@H]3[C@H](C(C)C)CC[C@]3(C)CC[C@]12C. The molecule has 4 aliphatic carbocycles. The van der Waals surface area contributed by atoms with E-state index in [1.54, 1.807) is 0 Å². The number of carbonyl (C=O) groups excluding carboxylic acids is 2. The van der Waals surface area contributed by atoms with Crippen LogP contribution in [0.25, 0.3) is 0 Å². The lowest BCUT2D eigenvalue weighted by molar-refractivity contribution is -0.232. The fraction of sp³-hybridized carbons (Fsp3) is 0.938. The molecule has 0 aliphatic heterocycles. The summed E-state index contributed by atoms with van der Waals surface area (Å²) in [6, 6.07) is 0. The Labute approximate surface area is 221 Å². The number of hydrogen-bond donors (Lipinski definition) is 0. The summed E-state index contributed by atoms with van der Waals surface area (Å²) in [6.45, 7) is 19.1. The highest BCUT2D eigenvalue weighted by molar-refractivity contribution is 5.77. The molecule has 0 saturated heterocycles. The first kappa shape index (κ1) is 28.0. The molecule has 0 heterocycles. The van der Waals surface area contributed by atoms with E-state index in [1.807, 2.05) is 13.8 Å². The zero-order valence-corrected chi connectivity index (χ0v) is 25.0. The van der Waals surface area contributed by atoms with Crippen molar-refractivity contribution in [2.24, 2.45) is 62.6 Å². The van der Waals surface area contributed by atoms with Gasteiger partial charge >= 0.3 is 11.9 Å². The predicted octanol–water partition coefficient (Wildman–Crippen LogP) is 7.69. The molecule has 4 saturated carbocycles. The lowest BCUT2D eigenvalue weighted by Gasteiger charge is -2.71. The minimum atomic E-state index is -0.643. The number of carbonyl (C=O) groups is 2. The summed E-state index contributed by atoms with van der Waals surface area (Å²) in [7, 11) is 2.99. The van der Waals surface area contributed by atoms with Crippen molar-refractivity contribution in [2.45, 2.75) is 113 Å². The normalized spacial score (nSPS) is 46.5. The Kier molecular flexibility index (Phi) is 7.00. The van der Waals surface area contributed by atoms with E-state index in [0.29, 0.717) is 17.8 Å². The number of esters is 2. The fourth-order valence-electron chi connectivity index (χ4n) is 11.3. The van der Waals surface area contributed by atoms with Crippen molar-refractivity contribution in [3.8, 4) is 0 Å². The van der Waals surface area contributed by atoms with Gasteiger partial charge in [0.05, 0.1) is 26.1 Å². The van der Waals surface area contributed by atoms with Gasteiger partial charge in [0.1, 0.15) is 0 Å². The summed E-state index contributed by atoms with van der Waals surface area (Å²) < 4.78 is 10.6. The second kappa shape index (κ2) is 9.01. The Bertz CT molecular complexity index is 877. The largest absolute Gasteiger partial charge is 0.469 e. The topological polar surface area (TPSA) is 52.6 Å². The van der Waals surface area contributed by atoms with E-state index >= 15 is 0 Å². The molecule has 0 unspecified atom stereocenters. The molecule has 4 heteroatoms. The highest BCUT2D eigenvalue weighted by Crippen LogP contribution is 2.76. The van der Waals surface area contributed by atoms with Crippen molar-refractivity contribution in [1.82, 2.24) is 0 Å². The van der Waals surface area contributed by atoms with Crippen LogP contribution in [0.4, 0.5) is 0 Å². The van der Waals surface area contributed by atoms with E-state index in [-0.39, 0.29) is 34.1 Å². The van der Waals surface area contributed by atoms with Gasteiger partial charge in [-0.15, -0.1) is 0 Å². The molecule has 9 atom stereocenters. The van der Waals surface area contributed by atoms with Gasteiger partial charge in [0.15, 0.2) is 0 Å². The van der Waals surface area contributed by atoms with E-state index in [0.717, 1.165) is 42.9 Å². The average molecular weight is 503 g/mol. The lowest BCUT2D eigenvalue weighted by atomic mass is 9.33. The minimum absolute atomic E-state index is 0.0820. The average Bonchev–Trinajstić information content (AvgIpc) is 3.16. The number of methoxy groups -OCH3 is 2. The van der Waals surface area contributed by atoms with Crippen LogP contribution in [0.3, 0.4) is 0 Å². The Morgan fingerprint density at radius 1 is 0.861 bits per heavy atom. The Balaban J connectivity index is 1.78. The molecule has 0 aromatic carbocycles. The molecule has 206 valence electrons. The maximum atomic E-state index is 13.0. The molecule has 4 nitrogen and oxygen atoms in total. The summed E-state index contributed by atoms with van der Waals surface area (Å²) in [5, 5.41) is 0. The second-order valence-electron chi connectivity index (χ2n) is 15.3. The zero-order chi connectivity index (χ0) is 26.9. The van der Waals surface area contributed by atoms with Crippen LogP contribution in [-0.2, 0) is 19.1 Å². The number of hydrogen-bond acceptors (Lipinski definition) is 4. The Morgan fingerprint density at radius 2 is 1.53 bits per heavy atom. The van der Waals surface area contributed by atoms with Gasteiger partial charge in [-0.3, -0.25) is 9.59 Å². The molecule has 0 radical (unpaired) electrons. The quantitative estimate of drug-likeness (QED) is 0.362. The van der Waals surface area contributed by atoms with Crippen molar-refractivity contribution < 1.29 is 19.1 Å². The molecular weight excluding hydrogens is 448 g/mol. The van der Waals surface area contributed by atoms with Gasteiger partial charge in [-0.05, 0) is 122 Å². The Morgan fingerprint density at radius 3 is 2.11 bits per heavy atom. The summed E-state index contributed by atoms with van der Waals surface area (Å²) in [6.07, 6.45) is 10.3. The van der Waals surface area contributed by atoms with E-state index in [9.17, 15) is 9.59 Å². The van der Waals surface area contributed by atoms with E-state index < -0.39 is 5.41 Å². The van der Waals surface area contributed by atoms with Crippen LogP contribution < -0.4 is 0 Å². The first-order valence-corrected chi connectivity index (χ1v) is 14.8. The van der Waals surface area contributed by atoms with Gasteiger partial charge in [0.25, 0.3) is 0 Å². The molecular formula is C32H54O4. The van der Waals surface area contributed by atoms with Crippen molar-refractivity contribution in [3.63, 3.8) is 0 Å². The van der Waals surface area contributed by atoms with Crippen LogP contribution in [0.1, 0.15) is 113 Å². The highest BCUT2D eigenvalue weighted by Gasteiger charge is 2.70. The predicted molar refractivity (Wildman–Crippen MR) is 144 cm³/mol. The number of ether oxygens (including phenoxy) is 2. The first-order valence-electron chi connectivity index (χ1n) is 14.8. The summed E-state index contributed by atoms with van der Waals surface area (Å²) in [5.41, 5.74) is -0.0561. The van der Waals surface area contributed by atoms with Crippen LogP contribution in [0.2, 0.25) is 0 Å². The summed E-state index contributed by atoms with van der Waals surface area (Å²) in [4.78, 5) is 25.9. The molecule has 0 N–H and O–H groups in total. The summed E-state index contributed by atoms with van der Waals surface area (Å²) in [5.74, 6) is 3.29. The van der Waals surface area contributed by atoms with Gasteiger partial charge < -0.3 is 9.47 Å². The van der Waals surface area contributed by atoms with Crippen molar-refractivity contribution in [2.75, 3.05) is 14.2 Å². The molecule has 36 heavy (non-hydrogen) atoms. The van der Waals surface area contributed by atoms with E-state index in [4.69, 9.17) is 9.47 Å². The summed E-state index contributed by atoms with van der Waals surface area (Å²) >= 11 is 0. The van der Waals surface area contributed by atoms with Gasteiger partial charge in [-0.1, -0.05) is 41.5 Å². The molecule has 4 aliphatic rings. The smallest absolute Gasteiger partial charge is 0.311 e. The second-order valence-corrected chi connectivity index (χ2v) is 15.3. The van der Waals surface area contributed by atoms with Crippen molar-refractivity contribution >= 4 is 11.9 Å². The third kappa shape index (κ3) is 3.73. The monoisotopic (exact) mass is 502 g/mol. The highest BCUT2D eigenvalue weighted by atomic mass is 16.5. The molecule has 4 fully saturated rings. The van der Waals surface area contributed by atoms with Gasteiger partial charge in [0, 0.05) is 0 Å². The van der Waals surface area contributed by atoms with Gasteiger partial charge in [-0.25, -0.2) is 0 Å². The molecule has 0 amide bonds. The van der Waals surface area contributed by atoms with Crippen molar-refractivity contribution in [1.29, 1.82) is 0 Å². The third-order valence-corrected chi connectivity index (χ3v) is 13.4. The molecule has 0 bridgehead atoms. The minimum Gasteiger partial charge on any atom is -0.469 e. The first-order chi connectivity index (χ1) is 16.6. The maximum Gasteiger partial charge on any atom is 0.311 e. The van der Waals surface area contributed by atoms with Crippen molar-refractivity contribution in [3.05, 3.63) is 0 Å². The van der Waals surface area contributed by atoms with E-state index in [2.05, 4.69) is 41.5 Å². The molecule has 4 rings (SSSR count). The zero-order valence-electron chi connectivity index (χ0n) is 25.0. The Hall–Kier alpha value is -1.06. The van der Waals surface area contributed by atoms with Crippen LogP contribution in [-0.4, -0.2) is 26.2 Å². The fourth-order valence-corrected chi connectivity index (χ4v) is 11.3. The van der Waals surface area contributed by atoms with Gasteiger partial charge in [0.2, 0.25) is 0 Å². The van der Waals surface area contributed by atoms with Crippen LogP contribution in [0.15, 0.2) is 0 Å².